The minimum Gasteiger partial charge on any atom is -0.332 e. The van der Waals surface area contributed by atoms with Crippen LogP contribution in [0.4, 0.5) is 4.79 Å². The Balaban J connectivity index is 1.65. The van der Waals surface area contributed by atoms with Gasteiger partial charge in [-0.1, -0.05) is 0 Å². The van der Waals surface area contributed by atoms with Crippen LogP contribution in [0.5, 0.6) is 0 Å². The number of carbonyl (C=O) groups excluding carboxylic acids is 1. The van der Waals surface area contributed by atoms with Crippen molar-refractivity contribution in [2.24, 2.45) is 0 Å². The highest BCUT2D eigenvalue weighted by Gasteiger charge is 2.29. The van der Waals surface area contributed by atoms with Crippen molar-refractivity contribution >= 4 is 6.03 Å². The Kier molecular flexibility index (Phi) is 4.32. The number of aromatic nitrogens is 4. The van der Waals surface area contributed by atoms with E-state index in [-0.39, 0.29) is 12.1 Å². The molecule has 3 rings (SSSR count). The molecule has 1 fully saturated rings. The van der Waals surface area contributed by atoms with Crippen molar-refractivity contribution in [1.29, 1.82) is 0 Å². The van der Waals surface area contributed by atoms with Crippen LogP contribution in [0.1, 0.15) is 42.4 Å². The zero-order valence-electron chi connectivity index (χ0n) is 12.6. The monoisotopic (exact) mass is 300 g/mol. The zero-order valence-corrected chi connectivity index (χ0v) is 12.6. The van der Waals surface area contributed by atoms with E-state index in [1.807, 2.05) is 24.0 Å². The lowest BCUT2D eigenvalue weighted by atomic mass is 10.0. The number of amides is 2. The number of H-pyrrole nitrogens is 1. The highest BCUT2D eigenvalue weighted by molar-refractivity contribution is 5.74. The Morgan fingerprint density at radius 1 is 1.45 bits per heavy atom. The van der Waals surface area contributed by atoms with E-state index in [1.165, 1.54) is 6.33 Å². The van der Waals surface area contributed by atoms with E-state index in [0.29, 0.717) is 6.54 Å². The van der Waals surface area contributed by atoms with Gasteiger partial charge in [-0.15, -0.1) is 0 Å². The second-order valence-corrected chi connectivity index (χ2v) is 5.56. The summed E-state index contributed by atoms with van der Waals surface area (Å²) in [6.45, 7) is 3.18. The molecule has 2 aromatic heterocycles. The van der Waals surface area contributed by atoms with Crippen molar-refractivity contribution in [2.75, 3.05) is 6.54 Å². The van der Waals surface area contributed by atoms with Crippen LogP contribution in [0.2, 0.25) is 0 Å². The average molecular weight is 300 g/mol. The van der Waals surface area contributed by atoms with Gasteiger partial charge in [0, 0.05) is 12.7 Å². The van der Waals surface area contributed by atoms with Crippen LogP contribution in [0.3, 0.4) is 0 Å². The molecule has 0 saturated carbocycles. The fraction of sp³-hybridized carbons (Fsp3) is 0.467. The molecule has 0 aliphatic carbocycles. The van der Waals surface area contributed by atoms with Crippen molar-refractivity contribution in [2.45, 2.75) is 38.8 Å². The SMILES string of the molecule is Cc1ccnc(CNC(=O)N2CCCCC2c2ncn[nH]2)c1. The molecule has 7 heteroatoms. The van der Waals surface area contributed by atoms with Gasteiger partial charge < -0.3 is 10.2 Å². The van der Waals surface area contributed by atoms with Gasteiger partial charge in [0.05, 0.1) is 18.3 Å². The molecule has 7 nitrogen and oxygen atoms in total. The summed E-state index contributed by atoms with van der Waals surface area (Å²) in [7, 11) is 0. The summed E-state index contributed by atoms with van der Waals surface area (Å²) in [5.41, 5.74) is 2.00. The maximum absolute atomic E-state index is 12.5. The van der Waals surface area contributed by atoms with E-state index in [0.717, 1.165) is 42.9 Å². The highest BCUT2D eigenvalue weighted by atomic mass is 16.2. The minimum atomic E-state index is -0.0793. The normalized spacial score (nSPS) is 18.2. The topological polar surface area (TPSA) is 86.8 Å². The van der Waals surface area contributed by atoms with Crippen LogP contribution < -0.4 is 5.32 Å². The van der Waals surface area contributed by atoms with Crippen molar-refractivity contribution in [3.05, 3.63) is 41.7 Å². The number of hydrogen-bond donors (Lipinski definition) is 2. The zero-order chi connectivity index (χ0) is 15.4. The summed E-state index contributed by atoms with van der Waals surface area (Å²) in [5, 5.41) is 9.72. The van der Waals surface area contributed by atoms with E-state index in [2.05, 4.69) is 25.5 Å². The van der Waals surface area contributed by atoms with Gasteiger partial charge in [-0.3, -0.25) is 10.1 Å². The number of hydrogen-bond acceptors (Lipinski definition) is 4. The minimum absolute atomic E-state index is 0.0262. The van der Waals surface area contributed by atoms with Crippen LogP contribution in [0.25, 0.3) is 0 Å². The quantitative estimate of drug-likeness (QED) is 0.907. The highest BCUT2D eigenvalue weighted by Crippen LogP contribution is 2.28. The number of urea groups is 1. The first-order valence-electron chi connectivity index (χ1n) is 7.55. The van der Waals surface area contributed by atoms with Gasteiger partial charge in [0.15, 0.2) is 0 Å². The predicted molar refractivity (Wildman–Crippen MR) is 80.9 cm³/mol. The van der Waals surface area contributed by atoms with Crippen molar-refractivity contribution in [3.63, 3.8) is 0 Å². The summed E-state index contributed by atoms with van der Waals surface area (Å²) < 4.78 is 0. The number of carbonyl (C=O) groups is 1. The van der Waals surface area contributed by atoms with Crippen molar-refractivity contribution < 1.29 is 4.79 Å². The third-order valence-corrected chi connectivity index (χ3v) is 3.91. The number of aromatic amines is 1. The Hall–Kier alpha value is -2.44. The Labute approximate surface area is 129 Å². The summed E-state index contributed by atoms with van der Waals surface area (Å²) in [5.74, 6) is 0.753. The van der Waals surface area contributed by atoms with Gasteiger partial charge in [0.25, 0.3) is 0 Å². The Morgan fingerprint density at radius 2 is 2.36 bits per heavy atom. The van der Waals surface area contributed by atoms with Gasteiger partial charge in [0.2, 0.25) is 0 Å². The fourth-order valence-corrected chi connectivity index (χ4v) is 2.80. The Bertz CT molecular complexity index is 627. The lowest BCUT2D eigenvalue weighted by Gasteiger charge is -2.34. The number of nitrogens with one attached hydrogen (secondary N) is 2. The lowest BCUT2D eigenvalue weighted by molar-refractivity contribution is 0.147. The van der Waals surface area contributed by atoms with E-state index in [4.69, 9.17) is 0 Å². The van der Waals surface area contributed by atoms with Gasteiger partial charge in [-0.05, 0) is 43.9 Å². The molecule has 0 aromatic carbocycles. The standard InChI is InChI=1S/C15H20N6O/c1-11-5-6-16-12(8-11)9-17-15(22)21-7-3-2-4-13(21)14-18-10-19-20-14/h5-6,8,10,13H,2-4,7,9H2,1H3,(H,17,22)(H,18,19,20). The molecule has 22 heavy (non-hydrogen) atoms. The molecule has 1 unspecified atom stereocenters. The van der Waals surface area contributed by atoms with E-state index < -0.39 is 0 Å². The van der Waals surface area contributed by atoms with Gasteiger partial charge in [-0.25, -0.2) is 9.78 Å². The first-order valence-corrected chi connectivity index (χ1v) is 7.55. The molecule has 1 saturated heterocycles. The van der Waals surface area contributed by atoms with Crippen molar-refractivity contribution in [1.82, 2.24) is 30.4 Å². The maximum atomic E-state index is 12.5. The molecule has 1 aliphatic heterocycles. The third-order valence-electron chi connectivity index (χ3n) is 3.91. The number of rotatable bonds is 3. The van der Waals surface area contributed by atoms with Crippen LogP contribution in [-0.2, 0) is 6.54 Å². The van der Waals surface area contributed by atoms with E-state index in [9.17, 15) is 4.79 Å². The fourth-order valence-electron chi connectivity index (χ4n) is 2.80. The van der Waals surface area contributed by atoms with E-state index in [1.54, 1.807) is 6.20 Å². The first-order chi connectivity index (χ1) is 10.7. The molecule has 1 aliphatic rings. The maximum Gasteiger partial charge on any atom is 0.318 e. The van der Waals surface area contributed by atoms with E-state index >= 15 is 0 Å². The largest absolute Gasteiger partial charge is 0.332 e. The smallest absolute Gasteiger partial charge is 0.318 e. The molecular formula is C15H20N6O. The summed E-state index contributed by atoms with van der Waals surface area (Å²) >= 11 is 0. The molecule has 0 bridgehead atoms. The average Bonchev–Trinajstić information content (AvgIpc) is 3.07. The molecular weight excluding hydrogens is 280 g/mol. The summed E-state index contributed by atoms with van der Waals surface area (Å²) in [6, 6.07) is 3.81. The predicted octanol–water partition coefficient (Wildman–Crippen LogP) is 1.94. The van der Waals surface area contributed by atoms with Gasteiger partial charge in [0.1, 0.15) is 12.2 Å². The van der Waals surface area contributed by atoms with Crippen LogP contribution in [-0.4, -0.2) is 37.6 Å². The molecule has 2 amide bonds. The van der Waals surface area contributed by atoms with Crippen LogP contribution >= 0.6 is 0 Å². The molecule has 1 atom stereocenters. The van der Waals surface area contributed by atoms with Crippen LogP contribution in [0.15, 0.2) is 24.7 Å². The summed E-state index contributed by atoms with van der Waals surface area (Å²) in [6.07, 6.45) is 6.26. The number of piperidine rings is 1. The Morgan fingerprint density at radius 3 is 3.14 bits per heavy atom. The first kappa shape index (κ1) is 14.5. The lowest BCUT2D eigenvalue weighted by Crippen LogP contribution is -2.44. The molecule has 3 heterocycles. The molecule has 2 N–H and O–H groups in total. The third kappa shape index (κ3) is 3.24. The second-order valence-electron chi connectivity index (χ2n) is 5.56. The number of pyridine rings is 1. The van der Waals surface area contributed by atoms with Gasteiger partial charge in [-0.2, -0.15) is 5.10 Å². The number of likely N-dealkylation sites (tertiary alicyclic amines) is 1. The molecule has 0 radical (unpaired) electrons. The summed E-state index contributed by atoms with van der Waals surface area (Å²) in [4.78, 5) is 22.8. The number of nitrogens with zero attached hydrogens (tertiary/aromatic N) is 4. The van der Waals surface area contributed by atoms with Crippen molar-refractivity contribution in [3.8, 4) is 0 Å². The molecule has 2 aromatic rings. The second kappa shape index (κ2) is 6.55. The molecule has 0 spiro atoms. The number of aryl methyl sites for hydroxylation is 1. The molecule has 116 valence electrons. The van der Waals surface area contributed by atoms with Gasteiger partial charge >= 0.3 is 6.03 Å². The van der Waals surface area contributed by atoms with Crippen LogP contribution in [0, 0.1) is 6.92 Å².